The second kappa shape index (κ2) is 10.2. The third kappa shape index (κ3) is 4.96. The highest BCUT2D eigenvalue weighted by atomic mass is 79.9. The van der Waals surface area contributed by atoms with E-state index >= 15 is 0 Å². The fourth-order valence-electron chi connectivity index (χ4n) is 3.23. The first-order valence-electron chi connectivity index (χ1n) is 10.5. The van der Waals surface area contributed by atoms with Gasteiger partial charge in [0.25, 0.3) is 5.56 Å². The molecule has 0 saturated carbocycles. The molecule has 0 saturated heterocycles. The number of halogens is 1. The average Bonchev–Trinajstić information content (AvgIpc) is 2.78. The van der Waals surface area contributed by atoms with E-state index in [4.69, 9.17) is 19.2 Å². The lowest BCUT2D eigenvalue weighted by atomic mass is 10.1. The molecular formula is C24H28BrN3O4. The van der Waals surface area contributed by atoms with Crippen LogP contribution in [0.4, 0.5) is 0 Å². The van der Waals surface area contributed by atoms with Crippen molar-refractivity contribution in [1.82, 2.24) is 9.66 Å². The fourth-order valence-corrected chi connectivity index (χ4v) is 3.59. The van der Waals surface area contributed by atoms with Gasteiger partial charge in [-0.15, -0.1) is 0 Å². The number of aromatic nitrogens is 2. The summed E-state index contributed by atoms with van der Waals surface area (Å²) < 4.78 is 19.0. The quantitative estimate of drug-likeness (QED) is 0.388. The number of hydrogen-bond donors (Lipinski definition) is 0. The van der Waals surface area contributed by atoms with Gasteiger partial charge in [-0.25, -0.2) is 4.98 Å². The Hall–Kier alpha value is -2.87. The first-order valence-corrected chi connectivity index (χ1v) is 11.3. The van der Waals surface area contributed by atoms with Crippen LogP contribution < -0.4 is 19.8 Å². The number of ether oxygens (including phenoxy) is 3. The van der Waals surface area contributed by atoms with E-state index in [-0.39, 0.29) is 17.6 Å². The summed E-state index contributed by atoms with van der Waals surface area (Å²) in [5.74, 6) is 2.24. The number of benzene rings is 2. The number of rotatable bonds is 8. The Kier molecular flexibility index (Phi) is 7.56. The predicted octanol–water partition coefficient (Wildman–Crippen LogP) is 5.36. The topological polar surface area (TPSA) is 74.9 Å². The minimum atomic E-state index is -0.221. The molecule has 0 spiro atoms. The number of nitrogens with zero attached hydrogens (tertiary/aromatic N) is 3. The number of hydrogen-bond acceptors (Lipinski definition) is 6. The molecule has 0 amide bonds. The summed E-state index contributed by atoms with van der Waals surface area (Å²) in [4.78, 5) is 18.0. The monoisotopic (exact) mass is 501 g/mol. The van der Waals surface area contributed by atoms with Crippen molar-refractivity contribution in [2.75, 3.05) is 14.2 Å². The molecule has 3 rings (SSSR count). The average molecular weight is 502 g/mol. The van der Waals surface area contributed by atoms with Gasteiger partial charge in [0, 0.05) is 16.0 Å². The minimum absolute atomic E-state index is 0.0445. The summed E-state index contributed by atoms with van der Waals surface area (Å²) in [7, 11) is 3.14. The molecule has 0 unspecified atom stereocenters. The molecular weight excluding hydrogens is 474 g/mol. The lowest BCUT2D eigenvalue weighted by molar-refractivity contribution is 0.218. The smallest absolute Gasteiger partial charge is 0.282 e. The lowest BCUT2D eigenvalue weighted by Gasteiger charge is -2.17. The molecule has 0 aliphatic rings. The highest BCUT2D eigenvalue weighted by molar-refractivity contribution is 9.10. The molecule has 3 aromatic rings. The van der Waals surface area contributed by atoms with E-state index in [1.807, 2.05) is 32.9 Å². The minimum Gasteiger partial charge on any atom is -0.493 e. The van der Waals surface area contributed by atoms with Crippen LogP contribution in [0.25, 0.3) is 10.9 Å². The number of methoxy groups -OCH3 is 2. The Labute approximate surface area is 196 Å². The molecule has 1 aromatic heterocycles. The van der Waals surface area contributed by atoms with Gasteiger partial charge in [0.05, 0.1) is 37.4 Å². The van der Waals surface area contributed by atoms with Crippen molar-refractivity contribution in [3.05, 3.63) is 56.5 Å². The Morgan fingerprint density at radius 3 is 2.34 bits per heavy atom. The van der Waals surface area contributed by atoms with Crippen molar-refractivity contribution in [3.8, 4) is 17.2 Å². The molecule has 0 fully saturated rings. The van der Waals surface area contributed by atoms with Crippen molar-refractivity contribution in [2.45, 2.75) is 46.1 Å². The molecule has 2 aromatic carbocycles. The van der Waals surface area contributed by atoms with Gasteiger partial charge in [-0.3, -0.25) is 4.79 Å². The van der Waals surface area contributed by atoms with Crippen LogP contribution in [0.3, 0.4) is 0 Å². The Morgan fingerprint density at radius 1 is 1.12 bits per heavy atom. The van der Waals surface area contributed by atoms with E-state index in [9.17, 15) is 4.79 Å². The molecule has 0 aliphatic heterocycles. The molecule has 8 heteroatoms. The summed E-state index contributed by atoms with van der Waals surface area (Å²) in [6, 6.07) is 9.07. The van der Waals surface area contributed by atoms with E-state index < -0.39 is 0 Å². The Balaban J connectivity index is 2.15. The molecule has 0 aliphatic carbocycles. The molecule has 0 N–H and O–H groups in total. The number of fused-ring (bicyclic) bond motifs is 1. The summed E-state index contributed by atoms with van der Waals surface area (Å²) in [5, 5.41) is 5.02. The van der Waals surface area contributed by atoms with Gasteiger partial charge in [-0.05, 0) is 50.6 Å². The fraction of sp³-hybridized carbons (Fsp3) is 0.375. The molecule has 1 atom stereocenters. The maximum Gasteiger partial charge on any atom is 0.282 e. The van der Waals surface area contributed by atoms with E-state index in [0.717, 1.165) is 10.9 Å². The third-order valence-electron chi connectivity index (χ3n) is 5.05. The summed E-state index contributed by atoms with van der Waals surface area (Å²) in [6.07, 6.45) is 2.38. The van der Waals surface area contributed by atoms with Crippen molar-refractivity contribution < 1.29 is 14.2 Å². The largest absolute Gasteiger partial charge is 0.493 e. The molecule has 0 radical (unpaired) electrons. The second-order valence-electron chi connectivity index (χ2n) is 7.72. The molecule has 7 nitrogen and oxygen atoms in total. The van der Waals surface area contributed by atoms with Crippen LogP contribution in [0.5, 0.6) is 17.2 Å². The van der Waals surface area contributed by atoms with E-state index in [1.54, 1.807) is 38.6 Å². The Bertz CT molecular complexity index is 1180. The second-order valence-corrected chi connectivity index (χ2v) is 8.64. The zero-order valence-electron chi connectivity index (χ0n) is 19.2. The highest BCUT2D eigenvalue weighted by Crippen LogP contribution is 2.39. The molecule has 0 bridgehead atoms. The van der Waals surface area contributed by atoms with E-state index in [0.29, 0.717) is 39.5 Å². The zero-order valence-corrected chi connectivity index (χ0v) is 20.8. The van der Waals surface area contributed by atoms with Crippen molar-refractivity contribution in [1.29, 1.82) is 0 Å². The van der Waals surface area contributed by atoms with Gasteiger partial charge in [0.15, 0.2) is 11.5 Å². The van der Waals surface area contributed by atoms with Gasteiger partial charge in [0.1, 0.15) is 5.82 Å². The normalized spacial score (nSPS) is 12.5. The van der Waals surface area contributed by atoms with Crippen molar-refractivity contribution in [2.24, 2.45) is 5.10 Å². The summed E-state index contributed by atoms with van der Waals surface area (Å²) in [5.41, 5.74) is 1.13. The molecule has 1 heterocycles. The maximum absolute atomic E-state index is 13.3. The van der Waals surface area contributed by atoms with Crippen molar-refractivity contribution in [3.63, 3.8) is 0 Å². The van der Waals surface area contributed by atoms with Crippen LogP contribution in [0.1, 0.15) is 51.4 Å². The van der Waals surface area contributed by atoms with Crippen LogP contribution in [-0.2, 0) is 0 Å². The summed E-state index contributed by atoms with van der Waals surface area (Å²) >= 11 is 3.43. The predicted molar refractivity (Wildman–Crippen MR) is 131 cm³/mol. The summed E-state index contributed by atoms with van der Waals surface area (Å²) in [6.45, 7) is 7.95. The standard InChI is InChI=1S/C24H28BrN3O4/c1-7-15(4)23-27-19-9-8-17(25)12-18(19)24(29)28(23)26-13-16-10-20(30-5)22(32-14(2)3)21(11-16)31-6/h8-15H,7H2,1-6H3/t15-/m0/s1. The Morgan fingerprint density at radius 2 is 1.78 bits per heavy atom. The van der Waals surface area contributed by atoms with Gasteiger partial charge in [0.2, 0.25) is 5.75 Å². The van der Waals surface area contributed by atoms with Gasteiger partial charge in [-0.1, -0.05) is 29.8 Å². The highest BCUT2D eigenvalue weighted by Gasteiger charge is 2.17. The zero-order chi connectivity index (χ0) is 23.4. The third-order valence-corrected chi connectivity index (χ3v) is 5.54. The van der Waals surface area contributed by atoms with Crippen LogP contribution in [-0.4, -0.2) is 36.2 Å². The molecule has 170 valence electrons. The van der Waals surface area contributed by atoms with Crippen LogP contribution in [0.15, 0.2) is 44.7 Å². The van der Waals surface area contributed by atoms with Gasteiger partial charge >= 0.3 is 0 Å². The van der Waals surface area contributed by atoms with E-state index in [2.05, 4.69) is 28.0 Å². The van der Waals surface area contributed by atoms with Gasteiger partial charge in [-0.2, -0.15) is 9.78 Å². The first-order chi connectivity index (χ1) is 15.3. The van der Waals surface area contributed by atoms with Crippen molar-refractivity contribution >= 4 is 33.0 Å². The van der Waals surface area contributed by atoms with E-state index in [1.165, 1.54) is 4.68 Å². The lowest BCUT2D eigenvalue weighted by Crippen LogP contribution is -2.23. The first kappa shape index (κ1) is 23.8. The maximum atomic E-state index is 13.3. The SMILES string of the molecule is CC[C@H](C)c1nc2ccc(Br)cc2c(=O)n1N=Cc1cc(OC)c(OC(C)C)c(OC)c1. The van der Waals surface area contributed by atoms with Crippen LogP contribution in [0, 0.1) is 0 Å². The van der Waals surface area contributed by atoms with Crippen LogP contribution in [0.2, 0.25) is 0 Å². The van der Waals surface area contributed by atoms with Crippen LogP contribution >= 0.6 is 15.9 Å². The van der Waals surface area contributed by atoms with Gasteiger partial charge < -0.3 is 14.2 Å². The molecule has 32 heavy (non-hydrogen) atoms.